The predicted octanol–water partition coefficient (Wildman–Crippen LogP) is 2.32. The lowest BCUT2D eigenvalue weighted by Crippen LogP contribution is -2.35. The van der Waals surface area contributed by atoms with Gasteiger partial charge in [-0.2, -0.15) is 0 Å². The normalized spacial score (nSPS) is 17.1. The summed E-state index contributed by atoms with van der Waals surface area (Å²) in [5, 5.41) is 7.26. The molecule has 0 saturated carbocycles. The van der Waals surface area contributed by atoms with Gasteiger partial charge in [-0.15, -0.1) is 0 Å². The summed E-state index contributed by atoms with van der Waals surface area (Å²) < 4.78 is 0. The van der Waals surface area contributed by atoms with Crippen LogP contribution in [0.15, 0.2) is 18.2 Å². The molecule has 0 aliphatic carbocycles. The van der Waals surface area contributed by atoms with Gasteiger partial charge in [0.2, 0.25) is 0 Å². The number of carbonyl (C=O) groups excluding carboxylic acids is 1. The lowest BCUT2D eigenvalue weighted by Gasteiger charge is -2.24. The summed E-state index contributed by atoms with van der Waals surface area (Å²) in [5.41, 5.74) is 1.53. The maximum atomic E-state index is 10.6. The highest BCUT2D eigenvalue weighted by molar-refractivity contribution is 6.33. The van der Waals surface area contributed by atoms with E-state index in [1.807, 2.05) is 12.1 Å². The minimum Gasteiger partial charge on any atom is -0.382 e. The molecule has 1 fully saturated rings. The summed E-state index contributed by atoms with van der Waals surface area (Å²) in [6, 6.07) is 5.96. The Hall–Kier alpha value is -1.06. The topological polar surface area (TPSA) is 41.1 Å². The fourth-order valence-corrected chi connectivity index (χ4v) is 2.14. The highest BCUT2D eigenvalue weighted by Gasteiger charge is 2.12. The van der Waals surface area contributed by atoms with Gasteiger partial charge in [-0.25, -0.2) is 0 Å². The molecule has 16 heavy (non-hydrogen) atoms. The van der Waals surface area contributed by atoms with Gasteiger partial charge in [-0.3, -0.25) is 4.79 Å². The Kier molecular flexibility index (Phi) is 3.80. The highest BCUT2D eigenvalue weighted by atomic mass is 35.5. The van der Waals surface area contributed by atoms with Crippen molar-refractivity contribution in [1.82, 2.24) is 5.32 Å². The van der Waals surface area contributed by atoms with E-state index in [1.165, 1.54) is 0 Å². The Morgan fingerprint density at radius 1 is 1.38 bits per heavy atom. The first-order valence-electron chi connectivity index (χ1n) is 5.51. The molecule has 0 aromatic heterocycles. The molecule has 0 amide bonds. The van der Waals surface area contributed by atoms with Crippen molar-refractivity contribution in [3.63, 3.8) is 0 Å². The molecule has 0 radical (unpaired) electrons. The van der Waals surface area contributed by atoms with E-state index in [0.29, 0.717) is 16.6 Å². The molecule has 0 spiro atoms. The molecule has 2 rings (SSSR count). The van der Waals surface area contributed by atoms with Crippen molar-refractivity contribution in [2.45, 2.75) is 18.9 Å². The second-order valence-electron chi connectivity index (χ2n) is 4.02. The van der Waals surface area contributed by atoms with Gasteiger partial charge >= 0.3 is 0 Å². The van der Waals surface area contributed by atoms with E-state index in [1.54, 1.807) is 6.07 Å². The standard InChI is InChI=1S/C12H15ClN2O/c13-12-7-11(2-1-9(12)8-16)15-10-3-5-14-6-4-10/h1-2,7-8,10,14-15H,3-6H2. The average Bonchev–Trinajstić information content (AvgIpc) is 2.31. The van der Waals surface area contributed by atoms with Gasteiger partial charge in [0.25, 0.3) is 0 Å². The van der Waals surface area contributed by atoms with Crippen LogP contribution in [-0.2, 0) is 0 Å². The number of aldehydes is 1. The molecule has 1 saturated heterocycles. The number of benzene rings is 1. The van der Waals surface area contributed by atoms with Crippen LogP contribution in [-0.4, -0.2) is 25.4 Å². The molecular formula is C12H15ClN2O. The number of hydrogen-bond donors (Lipinski definition) is 2. The predicted molar refractivity (Wildman–Crippen MR) is 66.4 cm³/mol. The van der Waals surface area contributed by atoms with E-state index >= 15 is 0 Å². The number of rotatable bonds is 3. The van der Waals surface area contributed by atoms with Crippen molar-refractivity contribution in [2.75, 3.05) is 18.4 Å². The zero-order valence-electron chi connectivity index (χ0n) is 9.00. The summed E-state index contributed by atoms with van der Waals surface area (Å²) >= 11 is 5.96. The number of carbonyl (C=O) groups is 1. The van der Waals surface area contributed by atoms with Crippen molar-refractivity contribution < 1.29 is 4.79 Å². The van der Waals surface area contributed by atoms with Crippen molar-refractivity contribution in [2.24, 2.45) is 0 Å². The van der Waals surface area contributed by atoms with Gasteiger partial charge in [0.1, 0.15) is 0 Å². The molecule has 1 aromatic rings. The summed E-state index contributed by atoms with van der Waals surface area (Å²) in [6.45, 7) is 2.11. The lowest BCUT2D eigenvalue weighted by atomic mass is 10.1. The summed E-state index contributed by atoms with van der Waals surface area (Å²) in [5.74, 6) is 0. The Bertz CT molecular complexity index is 375. The zero-order chi connectivity index (χ0) is 11.4. The smallest absolute Gasteiger partial charge is 0.151 e. The van der Waals surface area contributed by atoms with Gasteiger partial charge in [0.05, 0.1) is 5.02 Å². The van der Waals surface area contributed by atoms with Crippen LogP contribution in [0.4, 0.5) is 5.69 Å². The van der Waals surface area contributed by atoms with E-state index in [9.17, 15) is 4.79 Å². The first-order chi connectivity index (χ1) is 7.79. The van der Waals surface area contributed by atoms with Crippen molar-refractivity contribution >= 4 is 23.6 Å². The van der Waals surface area contributed by atoms with Crippen LogP contribution in [0.5, 0.6) is 0 Å². The second kappa shape index (κ2) is 5.32. The average molecular weight is 239 g/mol. The number of nitrogens with one attached hydrogen (secondary N) is 2. The van der Waals surface area contributed by atoms with Crippen LogP contribution in [0.3, 0.4) is 0 Å². The van der Waals surface area contributed by atoms with Gasteiger partial charge in [0, 0.05) is 17.3 Å². The van der Waals surface area contributed by atoms with Gasteiger partial charge in [0.15, 0.2) is 6.29 Å². The number of halogens is 1. The fourth-order valence-electron chi connectivity index (χ4n) is 1.91. The molecule has 4 heteroatoms. The van der Waals surface area contributed by atoms with Crippen LogP contribution in [0, 0.1) is 0 Å². The molecule has 1 aliphatic heterocycles. The molecule has 1 aromatic carbocycles. The van der Waals surface area contributed by atoms with Gasteiger partial charge < -0.3 is 10.6 Å². The molecule has 1 aliphatic rings. The second-order valence-corrected chi connectivity index (χ2v) is 4.43. The first-order valence-corrected chi connectivity index (χ1v) is 5.89. The molecule has 0 atom stereocenters. The van der Waals surface area contributed by atoms with E-state index in [4.69, 9.17) is 11.6 Å². The van der Waals surface area contributed by atoms with Crippen LogP contribution in [0.2, 0.25) is 5.02 Å². The van der Waals surface area contributed by atoms with E-state index in [-0.39, 0.29) is 0 Å². The maximum Gasteiger partial charge on any atom is 0.151 e. The molecule has 3 nitrogen and oxygen atoms in total. The Labute approximate surface area is 100 Å². The van der Waals surface area contributed by atoms with Crippen LogP contribution < -0.4 is 10.6 Å². The molecule has 86 valence electrons. The van der Waals surface area contributed by atoms with E-state index in [0.717, 1.165) is 37.9 Å². The minimum absolute atomic E-state index is 0.499. The molecular weight excluding hydrogens is 224 g/mol. The van der Waals surface area contributed by atoms with Crippen LogP contribution in [0.1, 0.15) is 23.2 Å². The van der Waals surface area contributed by atoms with Gasteiger partial charge in [-0.05, 0) is 44.1 Å². The van der Waals surface area contributed by atoms with E-state index in [2.05, 4.69) is 10.6 Å². The third-order valence-corrected chi connectivity index (χ3v) is 3.16. The third-order valence-electron chi connectivity index (χ3n) is 2.84. The van der Waals surface area contributed by atoms with Crippen molar-refractivity contribution in [3.05, 3.63) is 28.8 Å². The first kappa shape index (κ1) is 11.4. The Morgan fingerprint density at radius 2 is 2.12 bits per heavy atom. The summed E-state index contributed by atoms with van der Waals surface area (Å²) in [6.07, 6.45) is 3.01. The largest absolute Gasteiger partial charge is 0.382 e. The third kappa shape index (κ3) is 2.74. The fraction of sp³-hybridized carbons (Fsp3) is 0.417. The number of anilines is 1. The van der Waals surface area contributed by atoms with Gasteiger partial charge in [-0.1, -0.05) is 11.6 Å². The number of hydrogen-bond acceptors (Lipinski definition) is 3. The van der Waals surface area contributed by atoms with Crippen molar-refractivity contribution in [1.29, 1.82) is 0 Å². The quantitative estimate of drug-likeness (QED) is 0.795. The summed E-state index contributed by atoms with van der Waals surface area (Å²) in [4.78, 5) is 10.6. The highest BCUT2D eigenvalue weighted by Crippen LogP contribution is 2.21. The summed E-state index contributed by atoms with van der Waals surface area (Å²) in [7, 11) is 0. The van der Waals surface area contributed by atoms with E-state index < -0.39 is 0 Å². The van der Waals surface area contributed by atoms with Crippen LogP contribution >= 0.6 is 11.6 Å². The molecule has 0 unspecified atom stereocenters. The monoisotopic (exact) mass is 238 g/mol. The maximum absolute atomic E-state index is 10.6. The number of piperidine rings is 1. The Balaban J connectivity index is 2.03. The van der Waals surface area contributed by atoms with Crippen molar-refractivity contribution in [3.8, 4) is 0 Å². The van der Waals surface area contributed by atoms with Crippen LogP contribution in [0.25, 0.3) is 0 Å². The molecule has 2 N–H and O–H groups in total. The zero-order valence-corrected chi connectivity index (χ0v) is 9.76. The molecule has 0 bridgehead atoms. The Morgan fingerprint density at radius 3 is 2.75 bits per heavy atom. The lowest BCUT2D eigenvalue weighted by molar-refractivity contribution is 0.112. The minimum atomic E-state index is 0.499. The molecule has 1 heterocycles. The SMILES string of the molecule is O=Cc1ccc(NC2CCNCC2)cc1Cl.